The monoisotopic (exact) mass is 485 g/mol. The Balaban J connectivity index is 1.90. The van der Waals surface area contributed by atoms with Gasteiger partial charge in [0.25, 0.3) is 0 Å². The molecule has 0 unspecified atom stereocenters. The largest absolute Gasteiger partial charge is 0.417 e. The van der Waals surface area contributed by atoms with Crippen molar-refractivity contribution < 1.29 is 26.3 Å². The molecule has 12 heteroatoms. The lowest BCUT2D eigenvalue weighted by atomic mass is 10.0. The van der Waals surface area contributed by atoms with Crippen LogP contribution in [-0.4, -0.2) is 26.7 Å². The van der Waals surface area contributed by atoms with E-state index in [1.807, 2.05) is 0 Å². The summed E-state index contributed by atoms with van der Waals surface area (Å²) in [6, 6.07) is 7.72. The lowest BCUT2D eigenvalue weighted by Gasteiger charge is -2.23. The van der Waals surface area contributed by atoms with Crippen LogP contribution in [0.25, 0.3) is 22.3 Å². The van der Waals surface area contributed by atoms with Crippen molar-refractivity contribution >= 4 is 34.3 Å². The fourth-order valence-electron chi connectivity index (χ4n) is 3.40. The molecule has 4 aromatic rings. The number of hydrogen-bond donors (Lipinski definition) is 1. The molecule has 2 aromatic heterocycles. The first-order valence-electron chi connectivity index (χ1n) is 9.52. The molecule has 4 rings (SSSR count). The van der Waals surface area contributed by atoms with Gasteiger partial charge in [-0.25, -0.2) is 9.97 Å². The molecule has 5 nitrogen and oxygen atoms in total. The smallest absolute Gasteiger partial charge is 0.309 e. The first-order chi connectivity index (χ1) is 15.5. The predicted molar refractivity (Wildman–Crippen MR) is 111 cm³/mol. The second kappa shape index (κ2) is 8.22. The van der Waals surface area contributed by atoms with Gasteiger partial charge in [0.2, 0.25) is 5.95 Å². The third-order valence-corrected chi connectivity index (χ3v) is 5.20. The number of alkyl halides is 6. The lowest BCUT2D eigenvalue weighted by Crippen LogP contribution is -2.20. The van der Waals surface area contributed by atoms with Crippen molar-refractivity contribution in [3.8, 4) is 11.3 Å². The Labute approximate surface area is 188 Å². The number of nitrogens with one attached hydrogen (secondary N) is 1. The molecule has 0 radical (unpaired) electrons. The molecule has 0 amide bonds. The summed E-state index contributed by atoms with van der Waals surface area (Å²) in [5, 5.41) is 6.26. The van der Waals surface area contributed by atoms with Crippen molar-refractivity contribution in [2.24, 2.45) is 0 Å². The standard InChI is InChI=1S/C21H14ClF6N5/c1-2-33(16-8-7-11(9-14(16)22)20(23,24)25)19-30-15-10-29-32-18(15)17(31-19)12-5-3-4-6-13(12)21(26,27)28/h3-10H,2H2,1H3,(H,29,32). The topological polar surface area (TPSA) is 57.7 Å². The number of benzene rings is 2. The van der Waals surface area contributed by atoms with Crippen LogP contribution in [0, 0.1) is 0 Å². The molecule has 0 aliphatic heterocycles. The Morgan fingerprint density at radius 2 is 1.70 bits per heavy atom. The van der Waals surface area contributed by atoms with E-state index in [9.17, 15) is 26.3 Å². The molecule has 0 spiro atoms. The number of fused-ring (bicyclic) bond motifs is 1. The summed E-state index contributed by atoms with van der Waals surface area (Å²) < 4.78 is 80.0. The van der Waals surface area contributed by atoms with Gasteiger partial charge in [0.05, 0.1) is 28.0 Å². The maximum Gasteiger partial charge on any atom is 0.417 e. The summed E-state index contributed by atoms with van der Waals surface area (Å²) >= 11 is 6.13. The number of rotatable bonds is 4. The van der Waals surface area contributed by atoms with Gasteiger partial charge in [0.15, 0.2) is 0 Å². The van der Waals surface area contributed by atoms with Crippen molar-refractivity contribution in [1.82, 2.24) is 20.2 Å². The molecule has 2 heterocycles. The molecule has 0 saturated carbocycles. The summed E-state index contributed by atoms with van der Waals surface area (Å²) in [6.07, 6.45) is -7.91. The third kappa shape index (κ3) is 4.32. The quantitative estimate of drug-likeness (QED) is 0.320. The number of aromatic amines is 1. The molecule has 0 atom stereocenters. The maximum atomic E-state index is 13.6. The molecule has 2 aromatic carbocycles. The molecule has 0 aliphatic rings. The van der Waals surface area contributed by atoms with E-state index in [1.54, 1.807) is 6.92 Å². The van der Waals surface area contributed by atoms with Crippen LogP contribution in [0.5, 0.6) is 0 Å². The molecule has 0 aliphatic carbocycles. The number of aromatic nitrogens is 4. The molecule has 172 valence electrons. The van der Waals surface area contributed by atoms with E-state index < -0.39 is 23.5 Å². The van der Waals surface area contributed by atoms with Crippen molar-refractivity contribution in [1.29, 1.82) is 0 Å². The van der Waals surface area contributed by atoms with Gasteiger partial charge in [-0.3, -0.25) is 5.10 Å². The maximum absolute atomic E-state index is 13.6. The highest BCUT2D eigenvalue weighted by Gasteiger charge is 2.35. The Hall–Kier alpha value is -3.34. The van der Waals surface area contributed by atoms with Crippen molar-refractivity contribution in [3.05, 3.63) is 64.8 Å². The van der Waals surface area contributed by atoms with E-state index in [-0.39, 0.29) is 45.5 Å². The normalized spacial score (nSPS) is 12.4. The number of hydrogen-bond acceptors (Lipinski definition) is 4. The third-order valence-electron chi connectivity index (χ3n) is 4.90. The highest BCUT2D eigenvalue weighted by atomic mass is 35.5. The number of H-pyrrole nitrogens is 1. The van der Waals surface area contributed by atoms with Gasteiger partial charge < -0.3 is 4.90 Å². The van der Waals surface area contributed by atoms with E-state index in [2.05, 4.69) is 20.2 Å². The number of anilines is 2. The van der Waals surface area contributed by atoms with Crippen molar-refractivity contribution in [2.45, 2.75) is 19.3 Å². The van der Waals surface area contributed by atoms with E-state index in [1.165, 1.54) is 35.4 Å². The Bertz CT molecular complexity index is 1310. The Morgan fingerprint density at radius 1 is 0.970 bits per heavy atom. The van der Waals surface area contributed by atoms with Crippen LogP contribution < -0.4 is 4.90 Å². The lowest BCUT2D eigenvalue weighted by molar-refractivity contribution is -0.138. The van der Waals surface area contributed by atoms with Gasteiger partial charge in [-0.05, 0) is 31.2 Å². The zero-order chi connectivity index (χ0) is 24.0. The molecule has 33 heavy (non-hydrogen) atoms. The highest BCUT2D eigenvalue weighted by molar-refractivity contribution is 6.33. The zero-order valence-electron chi connectivity index (χ0n) is 16.8. The summed E-state index contributed by atoms with van der Waals surface area (Å²) in [5.74, 6) is -0.0416. The van der Waals surface area contributed by atoms with Crippen LogP contribution in [0.4, 0.5) is 38.0 Å². The predicted octanol–water partition coefficient (Wildman–Crippen LogP) is 6.87. The minimum Gasteiger partial charge on any atom is -0.309 e. The fourth-order valence-corrected chi connectivity index (χ4v) is 3.68. The van der Waals surface area contributed by atoms with E-state index in [4.69, 9.17) is 11.6 Å². The summed E-state index contributed by atoms with van der Waals surface area (Å²) in [4.78, 5) is 10.1. The van der Waals surface area contributed by atoms with Crippen molar-refractivity contribution in [3.63, 3.8) is 0 Å². The molecule has 1 N–H and O–H groups in total. The second-order valence-corrected chi connectivity index (χ2v) is 7.36. The van der Waals surface area contributed by atoms with Crippen LogP contribution >= 0.6 is 11.6 Å². The Morgan fingerprint density at radius 3 is 2.33 bits per heavy atom. The van der Waals surface area contributed by atoms with Gasteiger partial charge >= 0.3 is 12.4 Å². The second-order valence-electron chi connectivity index (χ2n) is 6.95. The van der Waals surface area contributed by atoms with Gasteiger partial charge in [0, 0.05) is 12.1 Å². The Kier molecular flexibility index (Phi) is 5.69. The van der Waals surface area contributed by atoms with Crippen LogP contribution in [0.1, 0.15) is 18.1 Å². The fraction of sp³-hybridized carbons (Fsp3) is 0.190. The van der Waals surface area contributed by atoms with Crippen LogP contribution in [-0.2, 0) is 12.4 Å². The molecule has 0 fully saturated rings. The van der Waals surface area contributed by atoms with Crippen LogP contribution in [0.15, 0.2) is 48.7 Å². The number of nitrogens with zero attached hydrogens (tertiary/aromatic N) is 4. The average Bonchev–Trinajstić information content (AvgIpc) is 3.22. The first-order valence-corrected chi connectivity index (χ1v) is 9.90. The minimum atomic E-state index is -4.64. The summed E-state index contributed by atoms with van der Waals surface area (Å²) in [7, 11) is 0. The zero-order valence-corrected chi connectivity index (χ0v) is 17.5. The van der Waals surface area contributed by atoms with E-state index >= 15 is 0 Å². The molecular formula is C21H14ClF6N5. The van der Waals surface area contributed by atoms with Crippen LogP contribution in [0.3, 0.4) is 0 Å². The van der Waals surface area contributed by atoms with Crippen molar-refractivity contribution in [2.75, 3.05) is 11.4 Å². The van der Waals surface area contributed by atoms with E-state index in [0.717, 1.165) is 18.2 Å². The molecule has 0 saturated heterocycles. The molecular weight excluding hydrogens is 472 g/mol. The summed E-state index contributed by atoms with van der Waals surface area (Å²) in [5.41, 5.74) is -1.50. The van der Waals surface area contributed by atoms with Gasteiger partial charge in [-0.15, -0.1) is 0 Å². The summed E-state index contributed by atoms with van der Waals surface area (Å²) in [6.45, 7) is 1.86. The first kappa shape index (κ1) is 22.8. The highest BCUT2D eigenvalue weighted by Crippen LogP contribution is 2.40. The minimum absolute atomic E-state index is 0.0416. The van der Waals surface area contributed by atoms with Crippen LogP contribution in [0.2, 0.25) is 5.02 Å². The van der Waals surface area contributed by atoms with E-state index in [0.29, 0.717) is 0 Å². The van der Waals surface area contributed by atoms with Gasteiger partial charge in [0.1, 0.15) is 16.7 Å². The SMILES string of the molecule is CCN(c1nc(-c2ccccc2C(F)(F)F)c2[nH]ncc2n1)c1ccc(C(F)(F)F)cc1Cl. The molecule has 0 bridgehead atoms. The average molecular weight is 486 g/mol. The number of halogens is 7. The van der Waals surface area contributed by atoms with Gasteiger partial charge in [-0.2, -0.15) is 31.4 Å². The van der Waals surface area contributed by atoms with Gasteiger partial charge in [-0.1, -0.05) is 29.8 Å².